The molecule has 76 valence electrons. The van der Waals surface area contributed by atoms with Crippen molar-refractivity contribution in [2.75, 3.05) is 0 Å². The number of aromatic nitrogens is 1. The second kappa shape index (κ2) is 4.03. The molecule has 0 unspecified atom stereocenters. The zero-order valence-corrected chi connectivity index (χ0v) is 9.19. The quantitative estimate of drug-likeness (QED) is 0.747. The van der Waals surface area contributed by atoms with Crippen molar-refractivity contribution >= 4 is 23.3 Å². The van der Waals surface area contributed by atoms with Gasteiger partial charge in [0, 0.05) is 17.3 Å². The highest BCUT2D eigenvalue weighted by molar-refractivity contribution is 5.85. The molecule has 2 rings (SSSR count). The predicted octanol–water partition coefficient (Wildman–Crippen LogP) is 2.92. The molecule has 1 aromatic carbocycles. The average molecular weight is 211 g/mol. The maximum atomic E-state index is 5.80. The van der Waals surface area contributed by atoms with E-state index in [2.05, 4.69) is 36.2 Å². The zero-order chi connectivity index (χ0) is 9.42. The number of aromatic amines is 1. The first kappa shape index (κ1) is 11.1. The fourth-order valence-corrected chi connectivity index (χ4v) is 1.58. The lowest BCUT2D eigenvalue weighted by Gasteiger charge is -2.04. The molecule has 0 amide bonds. The molecule has 0 saturated heterocycles. The molecule has 3 heteroatoms. The van der Waals surface area contributed by atoms with Gasteiger partial charge in [-0.3, -0.25) is 0 Å². The minimum atomic E-state index is 0. The average Bonchev–Trinajstić information content (AvgIpc) is 2.42. The van der Waals surface area contributed by atoms with Crippen LogP contribution in [0.4, 0.5) is 0 Å². The normalized spacial score (nSPS) is 12.5. The van der Waals surface area contributed by atoms with Crippen molar-refractivity contribution < 1.29 is 0 Å². The Bertz CT molecular complexity index is 432. The van der Waals surface area contributed by atoms with E-state index in [1.54, 1.807) is 0 Å². The highest BCUT2D eigenvalue weighted by atomic mass is 35.5. The number of nitrogens with two attached hydrogens (primary N) is 1. The number of nitrogens with one attached hydrogen (secondary N) is 1. The molecule has 0 radical (unpaired) electrons. The van der Waals surface area contributed by atoms with E-state index in [0.29, 0.717) is 0 Å². The Hall–Kier alpha value is -0.990. The van der Waals surface area contributed by atoms with Crippen LogP contribution >= 0.6 is 12.4 Å². The van der Waals surface area contributed by atoms with Crippen molar-refractivity contribution in [2.45, 2.75) is 19.9 Å². The molecule has 0 aliphatic carbocycles. The minimum Gasteiger partial charge on any atom is -0.359 e. The van der Waals surface area contributed by atoms with Gasteiger partial charge in [-0.05, 0) is 43.0 Å². The summed E-state index contributed by atoms with van der Waals surface area (Å²) in [5.41, 5.74) is 9.36. The van der Waals surface area contributed by atoms with E-state index in [4.69, 9.17) is 5.73 Å². The van der Waals surface area contributed by atoms with Gasteiger partial charge in [-0.25, -0.2) is 0 Å². The molecule has 1 atom stereocenters. The molecule has 2 nitrogen and oxygen atoms in total. The van der Waals surface area contributed by atoms with Gasteiger partial charge in [-0.15, -0.1) is 12.4 Å². The lowest BCUT2D eigenvalue weighted by Crippen LogP contribution is -2.04. The molecule has 14 heavy (non-hydrogen) atoms. The van der Waals surface area contributed by atoms with Crippen molar-refractivity contribution in [3.8, 4) is 0 Å². The van der Waals surface area contributed by atoms with Crippen LogP contribution in [0.3, 0.4) is 0 Å². The summed E-state index contributed by atoms with van der Waals surface area (Å²) in [5, 5.41) is 1.24. The van der Waals surface area contributed by atoms with Crippen molar-refractivity contribution in [3.05, 3.63) is 35.5 Å². The summed E-state index contributed by atoms with van der Waals surface area (Å²) in [4.78, 5) is 3.28. The van der Waals surface area contributed by atoms with E-state index in [0.717, 1.165) is 0 Å². The first-order valence-corrected chi connectivity index (χ1v) is 4.51. The first-order chi connectivity index (χ1) is 6.16. The zero-order valence-electron chi connectivity index (χ0n) is 8.37. The smallest absolute Gasteiger partial charge is 0.0456 e. The highest BCUT2D eigenvalue weighted by Crippen LogP contribution is 2.19. The Morgan fingerprint density at radius 2 is 2.00 bits per heavy atom. The van der Waals surface area contributed by atoms with E-state index in [-0.39, 0.29) is 18.4 Å². The Labute approximate surface area is 89.9 Å². The monoisotopic (exact) mass is 210 g/mol. The van der Waals surface area contributed by atoms with Crippen molar-refractivity contribution in [2.24, 2.45) is 5.73 Å². The summed E-state index contributed by atoms with van der Waals surface area (Å²) >= 11 is 0. The summed E-state index contributed by atoms with van der Waals surface area (Å²) in [7, 11) is 0. The van der Waals surface area contributed by atoms with Crippen LogP contribution in [0.5, 0.6) is 0 Å². The van der Waals surface area contributed by atoms with E-state index in [9.17, 15) is 0 Å². The van der Waals surface area contributed by atoms with Crippen LogP contribution in [-0.4, -0.2) is 4.98 Å². The SMILES string of the molecule is Cc1cc2cc([C@H](C)N)ccc2[nH]1.Cl. The first-order valence-electron chi connectivity index (χ1n) is 4.51. The number of H-pyrrole nitrogens is 1. The number of hydrogen-bond acceptors (Lipinski definition) is 1. The predicted molar refractivity (Wildman–Crippen MR) is 62.9 cm³/mol. The van der Waals surface area contributed by atoms with Crippen LogP contribution in [0.15, 0.2) is 24.3 Å². The Morgan fingerprint density at radius 3 is 2.64 bits per heavy atom. The number of aryl methyl sites for hydroxylation is 1. The molecule has 0 bridgehead atoms. The molecule has 0 spiro atoms. The van der Waals surface area contributed by atoms with Gasteiger partial charge >= 0.3 is 0 Å². The van der Waals surface area contributed by atoms with Crippen LogP contribution in [0.1, 0.15) is 24.2 Å². The molecule has 1 aromatic heterocycles. The van der Waals surface area contributed by atoms with Gasteiger partial charge in [0.25, 0.3) is 0 Å². The van der Waals surface area contributed by atoms with E-state index in [1.807, 2.05) is 6.92 Å². The fourth-order valence-electron chi connectivity index (χ4n) is 1.58. The van der Waals surface area contributed by atoms with Gasteiger partial charge in [0.15, 0.2) is 0 Å². The lowest BCUT2D eigenvalue weighted by molar-refractivity contribution is 0.820. The lowest BCUT2D eigenvalue weighted by atomic mass is 10.1. The van der Waals surface area contributed by atoms with E-state index >= 15 is 0 Å². The van der Waals surface area contributed by atoms with Gasteiger partial charge in [-0.1, -0.05) is 6.07 Å². The van der Waals surface area contributed by atoms with Crippen molar-refractivity contribution in [1.82, 2.24) is 4.98 Å². The van der Waals surface area contributed by atoms with E-state index in [1.165, 1.54) is 22.2 Å². The molecule has 2 aromatic rings. The summed E-state index contributed by atoms with van der Waals surface area (Å²) < 4.78 is 0. The number of hydrogen-bond donors (Lipinski definition) is 2. The van der Waals surface area contributed by atoms with Crippen LogP contribution in [0.25, 0.3) is 10.9 Å². The van der Waals surface area contributed by atoms with Gasteiger partial charge in [0.1, 0.15) is 0 Å². The van der Waals surface area contributed by atoms with Crippen LogP contribution in [0.2, 0.25) is 0 Å². The van der Waals surface area contributed by atoms with Gasteiger partial charge < -0.3 is 10.7 Å². The maximum absolute atomic E-state index is 5.80. The molecule has 3 N–H and O–H groups in total. The third-order valence-corrected chi connectivity index (χ3v) is 2.31. The molecular weight excluding hydrogens is 196 g/mol. The van der Waals surface area contributed by atoms with Crippen LogP contribution < -0.4 is 5.73 Å². The highest BCUT2D eigenvalue weighted by Gasteiger charge is 2.01. The van der Waals surface area contributed by atoms with Crippen LogP contribution in [0, 0.1) is 6.92 Å². The summed E-state index contributed by atoms with van der Waals surface area (Å²) in [6, 6.07) is 8.55. The topological polar surface area (TPSA) is 41.8 Å². The molecule has 0 saturated carbocycles. The number of benzene rings is 1. The number of halogens is 1. The molecular formula is C11H15ClN2. The number of fused-ring (bicyclic) bond motifs is 1. The van der Waals surface area contributed by atoms with Gasteiger partial charge in [-0.2, -0.15) is 0 Å². The Balaban J connectivity index is 0.000000980. The minimum absolute atomic E-state index is 0. The van der Waals surface area contributed by atoms with Crippen LogP contribution in [-0.2, 0) is 0 Å². The second-order valence-corrected chi connectivity index (χ2v) is 3.59. The van der Waals surface area contributed by atoms with Crippen molar-refractivity contribution in [3.63, 3.8) is 0 Å². The van der Waals surface area contributed by atoms with Crippen molar-refractivity contribution in [1.29, 1.82) is 0 Å². The summed E-state index contributed by atoms with van der Waals surface area (Å²) in [6.07, 6.45) is 0. The molecule has 0 aliphatic rings. The number of rotatable bonds is 1. The summed E-state index contributed by atoms with van der Waals surface area (Å²) in [6.45, 7) is 4.06. The largest absolute Gasteiger partial charge is 0.359 e. The summed E-state index contributed by atoms with van der Waals surface area (Å²) in [5.74, 6) is 0. The maximum Gasteiger partial charge on any atom is 0.0456 e. The second-order valence-electron chi connectivity index (χ2n) is 3.59. The third kappa shape index (κ3) is 1.91. The molecule has 0 aliphatic heterocycles. The molecule has 0 fully saturated rings. The fraction of sp³-hybridized carbons (Fsp3) is 0.273. The van der Waals surface area contributed by atoms with Gasteiger partial charge in [0.2, 0.25) is 0 Å². The van der Waals surface area contributed by atoms with Gasteiger partial charge in [0.05, 0.1) is 0 Å². The standard InChI is InChI=1S/C11H14N2.ClH/c1-7-5-10-6-9(8(2)12)3-4-11(10)13-7;/h3-6,8,13H,12H2,1-2H3;1H/t8-;/m0./s1. The molecule has 1 heterocycles. The Kier molecular flexibility index (Phi) is 3.19. The Morgan fingerprint density at radius 1 is 1.29 bits per heavy atom. The van der Waals surface area contributed by atoms with E-state index < -0.39 is 0 Å². The third-order valence-electron chi connectivity index (χ3n) is 2.31.